The maximum absolute atomic E-state index is 11.7. The monoisotopic (exact) mass is 215 g/mol. The van der Waals surface area contributed by atoms with E-state index >= 15 is 0 Å². The van der Waals surface area contributed by atoms with Gasteiger partial charge in [-0.2, -0.15) is 0 Å². The van der Waals surface area contributed by atoms with Gasteiger partial charge in [-0.15, -0.1) is 0 Å². The molecule has 90 valence electrons. The highest BCUT2D eigenvalue weighted by Gasteiger charge is 2.34. The van der Waals surface area contributed by atoms with Crippen LogP contribution in [0.3, 0.4) is 0 Å². The van der Waals surface area contributed by atoms with Gasteiger partial charge in [0.25, 0.3) is 0 Å². The Bertz CT molecular complexity index is 208. The first-order valence-electron chi connectivity index (χ1n) is 5.62. The lowest BCUT2D eigenvalue weighted by Gasteiger charge is -2.29. The van der Waals surface area contributed by atoms with Gasteiger partial charge in [-0.25, -0.2) is 0 Å². The number of carbonyl (C=O) groups is 1. The Morgan fingerprint density at radius 3 is 2.07 bits per heavy atom. The van der Waals surface area contributed by atoms with Gasteiger partial charge in [0.1, 0.15) is 0 Å². The van der Waals surface area contributed by atoms with Crippen LogP contribution >= 0.6 is 0 Å². The van der Waals surface area contributed by atoms with Crippen LogP contribution < -0.4 is 5.73 Å². The van der Waals surface area contributed by atoms with Crippen molar-refractivity contribution in [2.24, 2.45) is 16.6 Å². The highest BCUT2D eigenvalue weighted by atomic mass is 16.5. The third-order valence-corrected chi connectivity index (χ3v) is 2.65. The molecule has 1 atom stereocenters. The van der Waals surface area contributed by atoms with Crippen molar-refractivity contribution in [3.63, 3.8) is 0 Å². The Morgan fingerprint density at radius 1 is 1.20 bits per heavy atom. The van der Waals surface area contributed by atoms with Crippen LogP contribution in [0.4, 0.5) is 0 Å². The van der Waals surface area contributed by atoms with Gasteiger partial charge in [0.2, 0.25) is 0 Å². The molecule has 0 aromatic heterocycles. The minimum atomic E-state index is -0.525. The number of carbonyl (C=O) groups excluding carboxylic acids is 1. The smallest absolute Gasteiger partial charge is 0.313 e. The fourth-order valence-corrected chi connectivity index (χ4v) is 1.24. The molecule has 15 heavy (non-hydrogen) atoms. The maximum atomic E-state index is 11.7. The molecule has 3 nitrogen and oxygen atoms in total. The molecule has 0 rings (SSSR count). The van der Waals surface area contributed by atoms with Crippen molar-refractivity contribution >= 4 is 5.97 Å². The molecule has 1 unspecified atom stereocenters. The van der Waals surface area contributed by atoms with Gasteiger partial charge in [-0.1, -0.05) is 20.8 Å². The highest BCUT2D eigenvalue weighted by Crippen LogP contribution is 2.31. The van der Waals surface area contributed by atoms with E-state index in [-0.39, 0.29) is 11.4 Å². The summed E-state index contributed by atoms with van der Waals surface area (Å²) < 4.78 is 5.04. The number of hydrogen-bond acceptors (Lipinski definition) is 3. The standard InChI is InChI=1S/C12H25NO2/c1-6-15-10(14)12(5,9-13)8-7-11(2,3)4/h6-9,13H2,1-5H3. The lowest BCUT2D eigenvalue weighted by atomic mass is 9.79. The molecule has 0 radical (unpaired) electrons. The molecule has 0 aliphatic carbocycles. The van der Waals surface area contributed by atoms with E-state index < -0.39 is 5.41 Å². The minimum Gasteiger partial charge on any atom is -0.466 e. The van der Waals surface area contributed by atoms with E-state index in [2.05, 4.69) is 20.8 Å². The third kappa shape index (κ3) is 5.17. The fraction of sp³-hybridized carbons (Fsp3) is 0.917. The summed E-state index contributed by atoms with van der Waals surface area (Å²) in [6, 6.07) is 0. The molecule has 0 saturated heterocycles. The van der Waals surface area contributed by atoms with Crippen LogP contribution in [0.15, 0.2) is 0 Å². The first-order valence-corrected chi connectivity index (χ1v) is 5.62. The van der Waals surface area contributed by atoms with Crippen LogP contribution in [0.1, 0.15) is 47.5 Å². The Morgan fingerprint density at radius 2 is 1.73 bits per heavy atom. The van der Waals surface area contributed by atoms with E-state index in [0.29, 0.717) is 13.2 Å². The van der Waals surface area contributed by atoms with Crippen molar-refractivity contribution < 1.29 is 9.53 Å². The Hall–Kier alpha value is -0.570. The number of nitrogens with two attached hydrogens (primary N) is 1. The van der Waals surface area contributed by atoms with E-state index in [1.54, 1.807) is 0 Å². The largest absolute Gasteiger partial charge is 0.466 e. The van der Waals surface area contributed by atoms with Crippen LogP contribution in [0.25, 0.3) is 0 Å². The molecule has 0 aliphatic rings. The first kappa shape index (κ1) is 14.4. The Kier molecular flexibility index (Phi) is 5.29. The van der Waals surface area contributed by atoms with E-state index in [1.165, 1.54) is 0 Å². The summed E-state index contributed by atoms with van der Waals surface area (Å²) >= 11 is 0. The molecule has 0 saturated carbocycles. The van der Waals surface area contributed by atoms with Crippen LogP contribution in [0, 0.1) is 10.8 Å². The van der Waals surface area contributed by atoms with Gasteiger partial charge in [0.15, 0.2) is 0 Å². The second-order valence-electron chi connectivity index (χ2n) is 5.55. The second-order valence-corrected chi connectivity index (χ2v) is 5.55. The summed E-state index contributed by atoms with van der Waals surface area (Å²) in [5.74, 6) is -0.170. The van der Waals surface area contributed by atoms with E-state index in [1.807, 2.05) is 13.8 Å². The summed E-state index contributed by atoms with van der Waals surface area (Å²) in [6.07, 6.45) is 1.76. The van der Waals surface area contributed by atoms with E-state index in [4.69, 9.17) is 10.5 Å². The number of hydrogen-bond donors (Lipinski definition) is 1. The molecular formula is C12H25NO2. The van der Waals surface area contributed by atoms with Crippen LogP contribution in [0.2, 0.25) is 0 Å². The summed E-state index contributed by atoms with van der Waals surface area (Å²) in [5.41, 5.74) is 5.37. The van der Waals surface area contributed by atoms with Gasteiger partial charge >= 0.3 is 5.97 Å². The summed E-state index contributed by atoms with van der Waals surface area (Å²) in [6.45, 7) is 11.0. The molecule has 0 aliphatic heterocycles. The normalized spacial score (nSPS) is 15.9. The molecule has 0 spiro atoms. The zero-order chi connectivity index (χ0) is 12.1. The quantitative estimate of drug-likeness (QED) is 0.716. The fourth-order valence-electron chi connectivity index (χ4n) is 1.24. The zero-order valence-electron chi connectivity index (χ0n) is 10.7. The topological polar surface area (TPSA) is 52.3 Å². The third-order valence-electron chi connectivity index (χ3n) is 2.65. The summed E-state index contributed by atoms with van der Waals surface area (Å²) in [7, 11) is 0. The first-order chi connectivity index (χ1) is 6.75. The molecule has 0 aromatic rings. The van der Waals surface area contributed by atoms with E-state index in [9.17, 15) is 4.79 Å². The van der Waals surface area contributed by atoms with Crippen molar-refractivity contribution in [2.45, 2.75) is 47.5 Å². The summed E-state index contributed by atoms with van der Waals surface area (Å²) in [4.78, 5) is 11.7. The number of esters is 1. The van der Waals surface area contributed by atoms with Crippen LogP contribution in [0.5, 0.6) is 0 Å². The van der Waals surface area contributed by atoms with Crippen molar-refractivity contribution in [3.05, 3.63) is 0 Å². The van der Waals surface area contributed by atoms with E-state index in [0.717, 1.165) is 12.8 Å². The molecular weight excluding hydrogens is 190 g/mol. The van der Waals surface area contributed by atoms with Crippen LogP contribution in [-0.2, 0) is 9.53 Å². The van der Waals surface area contributed by atoms with Crippen molar-refractivity contribution in [1.82, 2.24) is 0 Å². The lowest BCUT2D eigenvalue weighted by molar-refractivity contribution is -0.154. The molecule has 2 N–H and O–H groups in total. The average Bonchev–Trinajstić information content (AvgIpc) is 2.13. The predicted octanol–water partition coefficient (Wildman–Crippen LogP) is 2.34. The maximum Gasteiger partial charge on any atom is 0.313 e. The van der Waals surface area contributed by atoms with Crippen molar-refractivity contribution in [2.75, 3.05) is 13.2 Å². The molecule has 0 aromatic carbocycles. The van der Waals surface area contributed by atoms with Crippen molar-refractivity contribution in [1.29, 1.82) is 0 Å². The van der Waals surface area contributed by atoms with Gasteiger partial charge in [0, 0.05) is 6.54 Å². The molecule has 0 fully saturated rings. The Balaban J connectivity index is 4.37. The average molecular weight is 215 g/mol. The minimum absolute atomic E-state index is 0.170. The lowest BCUT2D eigenvalue weighted by Crippen LogP contribution is -2.38. The van der Waals surface area contributed by atoms with Crippen LogP contribution in [-0.4, -0.2) is 19.1 Å². The SMILES string of the molecule is CCOC(=O)C(C)(CN)CCC(C)(C)C. The van der Waals surface area contributed by atoms with Crippen molar-refractivity contribution in [3.8, 4) is 0 Å². The zero-order valence-corrected chi connectivity index (χ0v) is 10.7. The molecule has 0 bridgehead atoms. The van der Waals surface area contributed by atoms with Gasteiger partial charge < -0.3 is 10.5 Å². The highest BCUT2D eigenvalue weighted by molar-refractivity contribution is 5.76. The molecule has 0 heterocycles. The summed E-state index contributed by atoms with van der Waals surface area (Å²) in [5, 5.41) is 0. The number of rotatable bonds is 5. The number of ether oxygens (including phenoxy) is 1. The second kappa shape index (κ2) is 5.50. The molecule has 0 amide bonds. The Labute approximate surface area is 93.4 Å². The predicted molar refractivity (Wildman–Crippen MR) is 62.5 cm³/mol. The van der Waals surface area contributed by atoms with Gasteiger partial charge in [-0.05, 0) is 32.1 Å². The molecule has 3 heteroatoms. The van der Waals surface area contributed by atoms with Gasteiger partial charge in [-0.3, -0.25) is 4.79 Å². The van der Waals surface area contributed by atoms with Gasteiger partial charge in [0.05, 0.1) is 12.0 Å².